The average molecular weight is 426 g/mol. The number of rotatable bonds is 4. The zero-order valence-electron chi connectivity index (χ0n) is 17.0. The summed E-state index contributed by atoms with van der Waals surface area (Å²) >= 11 is 6.60. The van der Waals surface area contributed by atoms with Crippen LogP contribution < -0.4 is 20.9 Å². The molecule has 1 aliphatic heterocycles. The van der Waals surface area contributed by atoms with Gasteiger partial charge in [0.2, 0.25) is 0 Å². The maximum Gasteiger partial charge on any atom is 0.258 e. The van der Waals surface area contributed by atoms with Crippen molar-refractivity contribution in [1.29, 1.82) is 0 Å². The molecule has 1 fully saturated rings. The molecule has 0 radical (unpaired) electrons. The van der Waals surface area contributed by atoms with Gasteiger partial charge < -0.3 is 15.4 Å². The van der Waals surface area contributed by atoms with Crippen molar-refractivity contribution in [1.82, 2.24) is 14.5 Å². The van der Waals surface area contributed by atoms with E-state index in [2.05, 4.69) is 14.9 Å². The molecule has 1 aliphatic rings. The Morgan fingerprint density at radius 2 is 1.93 bits per heavy atom. The highest BCUT2D eigenvalue weighted by Gasteiger charge is 2.23. The van der Waals surface area contributed by atoms with Gasteiger partial charge in [0, 0.05) is 43.9 Å². The quantitative estimate of drug-likeness (QED) is 0.688. The molecule has 3 aromatic rings. The molecule has 2 aromatic heterocycles. The van der Waals surface area contributed by atoms with Gasteiger partial charge in [-0.3, -0.25) is 9.36 Å². The van der Waals surface area contributed by atoms with E-state index >= 15 is 0 Å². The summed E-state index contributed by atoms with van der Waals surface area (Å²) in [5, 5.41) is 0.607. The fourth-order valence-corrected chi connectivity index (χ4v) is 4.14. The van der Waals surface area contributed by atoms with Gasteiger partial charge in [0.1, 0.15) is 11.9 Å². The fourth-order valence-electron chi connectivity index (χ4n) is 3.84. The summed E-state index contributed by atoms with van der Waals surface area (Å²) in [7, 11) is 0. The van der Waals surface area contributed by atoms with Crippen molar-refractivity contribution >= 4 is 23.1 Å². The predicted octanol–water partition coefficient (Wildman–Crippen LogP) is 3.53. The zero-order valence-corrected chi connectivity index (χ0v) is 17.8. The Bertz CT molecular complexity index is 1120. The SMILES string of the molecule is Cc1cc(=O)n(-c2ccc(N3CCC(Oc4cccnc4N)CC3)c(Cl)c2)c(C)n1. The van der Waals surface area contributed by atoms with Gasteiger partial charge in [-0.25, -0.2) is 9.97 Å². The first-order chi connectivity index (χ1) is 14.4. The Balaban J connectivity index is 1.47. The van der Waals surface area contributed by atoms with Crippen LogP contribution in [0.4, 0.5) is 11.5 Å². The third-order valence-corrected chi connectivity index (χ3v) is 5.58. The molecule has 0 aliphatic carbocycles. The Kier molecular flexibility index (Phi) is 5.63. The minimum Gasteiger partial charge on any atom is -0.486 e. The van der Waals surface area contributed by atoms with E-state index in [1.54, 1.807) is 10.8 Å². The van der Waals surface area contributed by atoms with Crippen LogP contribution in [0.3, 0.4) is 0 Å². The van der Waals surface area contributed by atoms with Crippen molar-refractivity contribution in [2.75, 3.05) is 23.7 Å². The van der Waals surface area contributed by atoms with Gasteiger partial charge >= 0.3 is 0 Å². The van der Waals surface area contributed by atoms with Gasteiger partial charge in [-0.15, -0.1) is 0 Å². The molecular weight excluding hydrogens is 402 g/mol. The molecular formula is C22H24ClN5O2. The molecule has 4 rings (SSSR count). The predicted molar refractivity (Wildman–Crippen MR) is 119 cm³/mol. The number of aryl methyl sites for hydroxylation is 2. The van der Waals surface area contributed by atoms with Crippen LogP contribution in [0.1, 0.15) is 24.4 Å². The number of ether oxygens (including phenoxy) is 1. The highest BCUT2D eigenvalue weighted by Crippen LogP contribution is 2.31. The first kappa shape index (κ1) is 20.2. The topological polar surface area (TPSA) is 86.3 Å². The van der Waals surface area contributed by atoms with Crippen LogP contribution in [0.15, 0.2) is 47.4 Å². The van der Waals surface area contributed by atoms with E-state index in [1.165, 1.54) is 6.07 Å². The molecule has 1 saturated heterocycles. The highest BCUT2D eigenvalue weighted by molar-refractivity contribution is 6.33. The smallest absolute Gasteiger partial charge is 0.258 e. The molecule has 7 nitrogen and oxygen atoms in total. The standard InChI is InChI=1S/C22H24ClN5O2/c1-14-12-21(29)28(15(2)26-14)16-5-6-19(18(23)13-16)27-10-7-17(8-11-27)30-20-4-3-9-25-22(20)24/h3-6,9,12-13,17H,7-8,10-11H2,1-2H3,(H2,24,25). The second kappa shape index (κ2) is 8.36. The maximum atomic E-state index is 12.4. The van der Waals surface area contributed by atoms with Crippen LogP contribution in [0.5, 0.6) is 5.75 Å². The minimum atomic E-state index is -0.114. The average Bonchev–Trinajstić information content (AvgIpc) is 2.70. The van der Waals surface area contributed by atoms with Crippen LogP contribution in [0, 0.1) is 13.8 Å². The molecule has 1 aromatic carbocycles. The van der Waals surface area contributed by atoms with Crippen molar-refractivity contribution in [3.63, 3.8) is 0 Å². The molecule has 0 saturated carbocycles. The minimum absolute atomic E-state index is 0.0886. The van der Waals surface area contributed by atoms with Crippen molar-refractivity contribution in [2.24, 2.45) is 0 Å². The van der Waals surface area contributed by atoms with Crippen molar-refractivity contribution in [3.8, 4) is 11.4 Å². The molecule has 3 heterocycles. The normalized spacial score (nSPS) is 14.7. The molecule has 2 N–H and O–H groups in total. The maximum absolute atomic E-state index is 12.4. The van der Waals surface area contributed by atoms with Crippen LogP contribution in [-0.4, -0.2) is 33.7 Å². The number of piperidine rings is 1. The Labute approximate surface area is 180 Å². The second-order valence-electron chi connectivity index (χ2n) is 7.45. The lowest BCUT2D eigenvalue weighted by molar-refractivity contribution is 0.171. The highest BCUT2D eigenvalue weighted by atomic mass is 35.5. The van der Waals surface area contributed by atoms with Gasteiger partial charge in [-0.2, -0.15) is 0 Å². The Morgan fingerprint density at radius 1 is 1.17 bits per heavy atom. The Morgan fingerprint density at radius 3 is 2.60 bits per heavy atom. The summed E-state index contributed by atoms with van der Waals surface area (Å²) in [6.07, 6.45) is 3.45. The lowest BCUT2D eigenvalue weighted by atomic mass is 10.1. The number of anilines is 2. The monoisotopic (exact) mass is 425 g/mol. The van der Waals surface area contributed by atoms with E-state index in [0.717, 1.165) is 31.6 Å². The number of hydrogen-bond acceptors (Lipinski definition) is 6. The lowest BCUT2D eigenvalue weighted by Crippen LogP contribution is -2.38. The fraction of sp³-hybridized carbons (Fsp3) is 0.318. The van der Waals surface area contributed by atoms with E-state index < -0.39 is 0 Å². The van der Waals surface area contributed by atoms with E-state index in [9.17, 15) is 4.79 Å². The van der Waals surface area contributed by atoms with E-state index in [1.807, 2.05) is 44.2 Å². The molecule has 0 atom stereocenters. The number of nitrogens with two attached hydrogens (primary N) is 1. The lowest BCUT2D eigenvalue weighted by Gasteiger charge is -2.34. The molecule has 0 amide bonds. The molecule has 156 valence electrons. The van der Waals surface area contributed by atoms with E-state index in [-0.39, 0.29) is 11.7 Å². The number of hydrogen-bond donors (Lipinski definition) is 1. The second-order valence-corrected chi connectivity index (χ2v) is 7.85. The molecule has 0 bridgehead atoms. The van der Waals surface area contributed by atoms with Crippen LogP contribution in [0.2, 0.25) is 5.02 Å². The number of pyridine rings is 1. The van der Waals surface area contributed by atoms with Gasteiger partial charge in [-0.1, -0.05) is 11.6 Å². The summed E-state index contributed by atoms with van der Waals surface area (Å²) in [6.45, 7) is 5.25. The molecule has 0 spiro atoms. The van der Waals surface area contributed by atoms with Crippen molar-refractivity contribution < 1.29 is 4.74 Å². The molecule has 0 unspecified atom stereocenters. The van der Waals surface area contributed by atoms with Gasteiger partial charge in [-0.05, 0) is 44.2 Å². The molecule has 8 heteroatoms. The summed E-state index contributed by atoms with van der Waals surface area (Å²) < 4.78 is 7.59. The molecule has 30 heavy (non-hydrogen) atoms. The summed E-state index contributed by atoms with van der Waals surface area (Å²) in [4.78, 5) is 23.1. The Hall–Kier alpha value is -3.06. The van der Waals surface area contributed by atoms with Crippen LogP contribution in [-0.2, 0) is 0 Å². The van der Waals surface area contributed by atoms with E-state index in [0.29, 0.717) is 33.8 Å². The zero-order chi connectivity index (χ0) is 21.3. The third kappa shape index (κ3) is 4.11. The van der Waals surface area contributed by atoms with E-state index in [4.69, 9.17) is 22.1 Å². The number of nitrogen functional groups attached to an aromatic ring is 1. The summed E-state index contributed by atoms with van der Waals surface area (Å²) in [6, 6.07) is 10.9. The summed E-state index contributed by atoms with van der Waals surface area (Å²) in [5.41, 5.74) is 8.13. The number of nitrogens with zero attached hydrogens (tertiary/aromatic N) is 4. The van der Waals surface area contributed by atoms with Crippen molar-refractivity contribution in [3.05, 3.63) is 69.5 Å². The number of halogens is 1. The number of benzene rings is 1. The number of aromatic nitrogens is 3. The largest absolute Gasteiger partial charge is 0.486 e. The van der Waals surface area contributed by atoms with Gasteiger partial charge in [0.25, 0.3) is 5.56 Å². The van der Waals surface area contributed by atoms with Crippen LogP contribution in [0.25, 0.3) is 5.69 Å². The third-order valence-electron chi connectivity index (χ3n) is 5.28. The van der Waals surface area contributed by atoms with Crippen molar-refractivity contribution in [2.45, 2.75) is 32.8 Å². The first-order valence-electron chi connectivity index (χ1n) is 9.91. The summed E-state index contributed by atoms with van der Waals surface area (Å²) in [5.74, 6) is 1.68. The first-order valence-corrected chi connectivity index (χ1v) is 10.3. The van der Waals surface area contributed by atoms with Crippen LogP contribution >= 0.6 is 11.6 Å². The van der Waals surface area contributed by atoms with Gasteiger partial charge in [0.15, 0.2) is 11.6 Å². The van der Waals surface area contributed by atoms with Gasteiger partial charge in [0.05, 0.1) is 16.4 Å².